The summed E-state index contributed by atoms with van der Waals surface area (Å²) in [6, 6.07) is 5.93. The number of carbonyl (C=O) groups is 1. The van der Waals surface area contributed by atoms with Crippen LogP contribution < -0.4 is 5.32 Å². The second kappa shape index (κ2) is 8.20. The molecule has 1 aromatic carbocycles. The van der Waals surface area contributed by atoms with Crippen LogP contribution in [0.25, 0.3) is 11.3 Å². The van der Waals surface area contributed by atoms with Crippen molar-refractivity contribution in [2.75, 3.05) is 18.4 Å². The minimum Gasteiger partial charge on any atom is -0.298 e. The Bertz CT molecular complexity index is 952. The Hall–Kier alpha value is -2.58. The van der Waals surface area contributed by atoms with E-state index in [2.05, 4.69) is 32.3 Å². The Kier molecular flexibility index (Phi) is 5.50. The van der Waals surface area contributed by atoms with Gasteiger partial charge in [0.2, 0.25) is 0 Å². The van der Waals surface area contributed by atoms with E-state index in [4.69, 9.17) is 0 Å². The van der Waals surface area contributed by atoms with Crippen LogP contribution >= 0.6 is 11.3 Å². The summed E-state index contributed by atoms with van der Waals surface area (Å²) in [5, 5.41) is 12.2. The molecule has 0 saturated carbocycles. The molecule has 6 nitrogen and oxygen atoms in total. The van der Waals surface area contributed by atoms with Gasteiger partial charge in [0.15, 0.2) is 5.13 Å². The molecule has 1 amide bonds. The Morgan fingerprint density at radius 2 is 2.21 bits per heavy atom. The maximum absolute atomic E-state index is 13.2. The van der Waals surface area contributed by atoms with E-state index in [1.165, 1.54) is 42.5 Å². The summed E-state index contributed by atoms with van der Waals surface area (Å²) in [6.45, 7) is 5.28. The van der Waals surface area contributed by atoms with Crippen molar-refractivity contribution in [2.24, 2.45) is 5.92 Å². The predicted molar refractivity (Wildman–Crippen MR) is 108 cm³/mol. The number of rotatable bonds is 5. The van der Waals surface area contributed by atoms with Crippen molar-refractivity contribution >= 4 is 22.4 Å². The van der Waals surface area contributed by atoms with E-state index in [0.717, 1.165) is 31.2 Å². The molecule has 1 atom stereocenters. The Balaban J connectivity index is 1.43. The highest BCUT2D eigenvalue weighted by Crippen LogP contribution is 2.24. The number of benzene rings is 1. The van der Waals surface area contributed by atoms with Crippen LogP contribution in [0.5, 0.6) is 0 Å². The van der Waals surface area contributed by atoms with Gasteiger partial charge in [-0.1, -0.05) is 6.92 Å². The molecule has 1 aliphatic heterocycles. The first kappa shape index (κ1) is 18.8. The lowest BCUT2D eigenvalue weighted by Gasteiger charge is -2.30. The number of hydrogen-bond acceptors (Lipinski definition) is 5. The molecule has 3 heterocycles. The van der Waals surface area contributed by atoms with Crippen LogP contribution in [0.1, 0.15) is 35.8 Å². The largest absolute Gasteiger partial charge is 0.298 e. The number of thiazole rings is 1. The third kappa shape index (κ3) is 4.28. The van der Waals surface area contributed by atoms with Gasteiger partial charge >= 0.3 is 0 Å². The molecule has 0 bridgehead atoms. The number of hydrogen-bond donors (Lipinski definition) is 2. The number of halogens is 1. The highest BCUT2D eigenvalue weighted by atomic mass is 32.1. The van der Waals surface area contributed by atoms with E-state index >= 15 is 0 Å². The number of nitrogens with zero attached hydrogens (tertiary/aromatic N) is 3. The fourth-order valence-electron chi connectivity index (χ4n) is 3.56. The number of aromatic amines is 1. The fourth-order valence-corrected chi connectivity index (χ4v) is 4.25. The van der Waals surface area contributed by atoms with E-state index in [9.17, 15) is 9.18 Å². The Morgan fingerprint density at radius 1 is 1.39 bits per heavy atom. The van der Waals surface area contributed by atoms with Crippen LogP contribution in [-0.2, 0) is 6.54 Å². The van der Waals surface area contributed by atoms with Gasteiger partial charge < -0.3 is 0 Å². The maximum Gasteiger partial charge on any atom is 0.261 e. The smallest absolute Gasteiger partial charge is 0.261 e. The minimum atomic E-state index is -0.326. The van der Waals surface area contributed by atoms with Crippen LogP contribution in [0.15, 0.2) is 35.8 Å². The standard InChI is InChI=1S/C20H22FN5OS/c1-13-3-2-8-26(10-13)11-16-12-28-20(23-16)24-19(27)17-9-22-25-18(17)14-4-6-15(21)7-5-14/h4-7,9,12-13H,2-3,8,10-11H2,1H3,(H,22,25)(H,23,24,27)/t13-/m1/s1. The summed E-state index contributed by atoms with van der Waals surface area (Å²) in [6.07, 6.45) is 3.98. The van der Waals surface area contributed by atoms with E-state index in [1.54, 1.807) is 12.1 Å². The Morgan fingerprint density at radius 3 is 3.00 bits per heavy atom. The van der Waals surface area contributed by atoms with Crippen molar-refractivity contribution in [1.29, 1.82) is 0 Å². The van der Waals surface area contributed by atoms with Gasteiger partial charge in [0.05, 0.1) is 23.1 Å². The summed E-state index contributed by atoms with van der Waals surface area (Å²) in [7, 11) is 0. The lowest BCUT2D eigenvalue weighted by molar-refractivity contribution is 0.102. The van der Waals surface area contributed by atoms with E-state index in [1.807, 2.05) is 5.38 Å². The lowest BCUT2D eigenvalue weighted by atomic mass is 10.0. The molecule has 1 fully saturated rings. The second-order valence-electron chi connectivity index (χ2n) is 7.25. The normalized spacial score (nSPS) is 17.6. The molecule has 4 rings (SSSR count). The van der Waals surface area contributed by atoms with Crippen molar-refractivity contribution in [3.63, 3.8) is 0 Å². The van der Waals surface area contributed by atoms with E-state index in [0.29, 0.717) is 22.0 Å². The fraction of sp³-hybridized carbons (Fsp3) is 0.350. The van der Waals surface area contributed by atoms with Crippen molar-refractivity contribution in [2.45, 2.75) is 26.3 Å². The number of anilines is 1. The van der Waals surface area contributed by atoms with Gasteiger partial charge in [-0.25, -0.2) is 9.37 Å². The SMILES string of the molecule is C[C@@H]1CCCN(Cc2csc(NC(=O)c3cn[nH]c3-c3ccc(F)cc3)n2)C1. The van der Waals surface area contributed by atoms with Gasteiger partial charge in [-0.2, -0.15) is 5.10 Å². The molecule has 1 aliphatic rings. The van der Waals surface area contributed by atoms with Gasteiger partial charge in [0.1, 0.15) is 5.82 Å². The summed E-state index contributed by atoms with van der Waals surface area (Å²) in [5.41, 5.74) is 2.62. The van der Waals surface area contributed by atoms with Crippen LogP contribution in [0.4, 0.5) is 9.52 Å². The third-order valence-corrected chi connectivity index (χ3v) is 5.72. The second-order valence-corrected chi connectivity index (χ2v) is 8.10. The number of H-pyrrole nitrogens is 1. The van der Waals surface area contributed by atoms with Crippen molar-refractivity contribution in [3.05, 3.63) is 52.9 Å². The number of nitrogens with one attached hydrogen (secondary N) is 2. The molecule has 3 aromatic rings. The quantitative estimate of drug-likeness (QED) is 0.676. The lowest BCUT2D eigenvalue weighted by Crippen LogP contribution is -2.33. The van der Waals surface area contributed by atoms with Gasteiger partial charge in [-0.3, -0.25) is 20.1 Å². The molecule has 8 heteroatoms. The molecular weight excluding hydrogens is 377 g/mol. The maximum atomic E-state index is 13.2. The number of likely N-dealkylation sites (tertiary alicyclic amines) is 1. The number of carbonyl (C=O) groups excluding carboxylic acids is 1. The molecule has 146 valence electrons. The van der Waals surface area contributed by atoms with Crippen LogP contribution in [0.2, 0.25) is 0 Å². The summed E-state index contributed by atoms with van der Waals surface area (Å²) in [5.74, 6) is 0.103. The van der Waals surface area contributed by atoms with Gasteiger partial charge in [0, 0.05) is 24.0 Å². The van der Waals surface area contributed by atoms with Crippen LogP contribution in [-0.4, -0.2) is 39.1 Å². The monoisotopic (exact) mass is 399 g/mol. The molecule has 2 N–H and O–H groups in total. The molecular formula is C20H22FN5OS. The highest BCUT2D eigenvalue weighted by Gasteiger charge is 2.19. The zero-order valence-electron chi connectivity index (χ0n) is 15.6. The van der Waals surface area contributed by atoms with Crippen molar-refractivity contribution in [3.8, 4) is 11.3 Å². The van der Waals surface area contributed by atoms with Crippen molar-refractivity contribution in [1.82, 2.24) is 20.1 Å². The first-order valence-electron chi connectivity index (χ1n) is 9.36. The number of aromatic nitrogens is 3. The van der Waals surface area contributed by atoms with Crippen LogP contribution in [0, 0.1) is 11.7 Å². The molecule has 2 aromatic heterocycles. The average Bonchev–Trinajstić information content (AvgIpc) is 3.32. The Labute approximate surface area is 166 Å². The topological polar surface area (TPSA) is 73.9 Å². The van der Waals surface area contributed by atoms with E-state index < -0.39 is 0 Å². The first-order valence-corrected chi connectivity index (χ1v) is 10.2. The zero-order chi connectivity index (χ0) is 19.5. The third-order valence-electron chi connectivity index (χ3n) is 4.92. The molecule has 1 saturated heterocycles. The summed E-state index contributed by atoms with van der Waals surface area (Å²) >= 11 is 1.42. The number of piperidine rings is 1. The molecule has 0 spiro atoms. The predicted octanol–water partition coefficient (Wildman–Crippen LogP) is 4.16. The van der Waals surface area contributed by atoms with Gasteiger partial charge in [0.25, 0.3) is 5.91 Å². The molecule has 0 radical (unpaired) electrons. The molecule has 28 heavy (non-hydrogen) atoms. The van der Waals surface area contributed by atoms with Crippen LogP contribution in [0.3, 0.4) is 0 Å². The van der Waals surface area contributed by atoms with Gasteiger partial charge in [-0.05, 0) is 49.6 Å². The van der Waals surface area contributed by atoms with Gasteiger partial charge in [-0.15, -0.1) is 11.3 Å². The first-order chi connectivity index (χ1) is 13.6. The highest BCUT2D eigenvalue weighted by molar-refractivity contribution is 7.14. The number of amides is 1. The average molecular weight is 399 g/mol. The van der Waals surface area contributed by atoms with E-state index in [-0.39, 0.29) is 11.7 Å². The minimum absolute atomic E-state index is 0.291. The molecule has 0 aliphatic carbocycles. The summed E-state index contributed by atoms with van der Waals surface area (Å²) < 4.78 is 13.2. The zero-order valence-corrected chi connectivity index (χ0v) is 16.4. The van der Waals surface area contributed by atoms with Crippen molar-refractivity contribution < 1.29 is 9.18 Å². The summed E-state index contributed by atoms with van der Waals surface area (Å²) in [4.78, 5) is 19.7. The molecule has 0 unspecified atom stereocenters.